The molecule has 1 atom stereocenters. The molecule has 0 spiro atoms. The minimum atomic E-state index is -0.0615. The second-order valence-electron chi connectivity index (χ2n) is 3.98. The van der Waals surface area contributed by atoms with Crippen molar-refractivity contribution in [2.24, 2.45) is 0 Å². The van der Waals surface area contributed by atoms with Gasteiger partial charge >= 0.3 is 0 Å². The summed E-state index contributed by atoms with van der Waals surface area (Å²) in [5.41, 5.74) is 2.98. The standard InChI is InChI=1S/C12H15ClN4/c1-3-10(13)12-8-17(16-15-12)7-11-9(2)5-4-6-14-11/h4-6,8,10H,3,7H2,1-2H3. The predicted octanol–water partition coefficient (Wildman–Crippen LogP) is 2.72. The number of hydrogen-bond acceptors (Lipinski definition) is 3. The number of alkyl halides is 1. The molecular weight excluding hydrogens is 236 g/mol. The van der Waals surface area contributed by atoms with Crippen LogP contribution < -0.4 is 0 Å². The van der Waals surface area contributed by atoms with Crippen molar-refractivity contribution in [3.8, 4) is 0 Å². The maximum Gasteiger partial charge on any atom is 0.101 e. The number of nitrogens with zero attached hydrogens (tertiary/aromatic N) is 4. The van der Waals surface area contributed by atoms with Gasteiger partial charge in [0.2, 0.25) is 0 Å². The smallest absolute Gasteiger partial charge is 0.101 e. The molecule has 1 unspecified atom stereocenters. The van der Waals surface area contributed by atoms with Gasteiger partial charge in [-0.3, -0.25) is 4.98 Å². The van der Waals surface area contributed by atoms with Gasteiger partial charge in [-0.05, 0) is 25.0 Å². The van der Waals surface area contributed by atoms with E-state index in [1.54, 1.807) is 10.9 Å². The molecule has 0 saturated carbocycles. The summed E-state index contributed by atoms with van der Waals surface area (Å²) >= 11 is 6.11. The monoisotopic (exact) mass is 250 g/mol. The Bertz CT molecular complexity index is 495. The van der Waals surface area contributed by atoms with E-state index < -0.39 is 0 Å². The minimum absolute atomic E-state index is 0.0615. The summed E-state index contributed by atoms with van der Waals surface area (Å²) in [5.74, 6) is 0. The third-order valence-electron chi connectivity index (χ3n) is 2.67. The molecule has 0 aliphatic heterocycles. The first-order chi connectivity index (χ1) is 8.20. The average molecular weight is 251 g/mol. The van der Waals surface area contributed by atoms with Crippen LogP contribution in [0.25, 0.3) is 0 Å². The number of pyridine rings is 1. The van der Waals surface area contributed by atoms with Crippen molar-refractivity contribution < 1.29 is 0 Å². The summed E-state index contributed by atoms with van der Waals surface area (Å²) in [6.45, 7) is 4.70. The van der Waals surface area contributed by atoms with Crippen LogP contribution in [-0.2, 0) is 6.54 Å². The molecule has 0 saturated heterocycles. The molecule has 0 bridgehead atoms. The van der Waals surface area contributed by atoms with Crippen LogP contribution in [0.1, 0.15) is 35.7 Å². The molecular formula is C12H15ClN4. The first-order valence-corrected chi connectivity index (χ1v) is 6.09. The Morgan fingerprint density at radius 1 is 1.47 bits per heavy atom. The van der Waals surface area contributed by atoms with Crippen LogP contribution in [0.3, 0.4) is 0 Å². The Labute approximate surface area is 106 Å². The highest BCUT2D eigenvalue weighted by molar-refractivity contribution is 6.20. The summed E-state index contributed by atoms with van der Waals surface area (Å²) in [6, 6.07) is 3.97. The van der Waals surface area contributed by atoms with Gasteiger partial charge in [-0.2, -0.15) is 0 Å². The van der Waals surface area contributed by atoms with Gasteiger partial charge < -0.3 is 0 Å². The van der Waals surface area contributed by atoms with Gasteiger partial charge in [-0.25, -0.2) is 4.68 Å². The Morgan fingerprint density at radius 3 is 3.00 bits per heavy atom. The normalized spacial score (nSPS) is 12.6. The average Bonchev–Trinajstić information content (AvgIpc) is 2.80. The van der Waals surface area contributed by atoms with E-state index in [2.05, 4.69) is 15.3 Å². The first kappa shape index (κ1) is 12.0. The van der Waals surface area contributed by atoms with E-state index in [0.29, 0.717) is 6.54 Å². The molecule has 0 aliphatic rings. The van der Waals surface area contributed by atoms with Crippen molar-refractivity contribution in [2.45, 2.75) is 32.2 Å². The lowest BCUT2D eigenvalue weighted by molar-refractivity contribution is 0.635. The van der Waals surface area contributed by atoms with Gasteiger partial charge in [-0.1, -0.05) is 18.2 Å². The van der Waals surface area contributed by atoms with E-state index in [1.807, 2.05) is 32.2 Å². The van der Waals surface area contributed by atoms with E-state index in [0.717, 1.165) is 23.4 Å². The highest BCUT2D eigenvalue weighted by atomic mass is 35.5. The predicted molar refractivity (Wildman–Crippen MR) is 67.0 cm³/mol. The minimum Gasteiger partial charge on any atom is -0.259 e. The van der Waals surface area contributed by atoms with Gasteiger partial charge in [0.25, 0.3) is 0 Å². The van der Waals surface area contributed by atoms with Crippen LogP contribution in [0.4, 0.5) is 0 Å². The van der Waals surface area contributed by atoms with Gasteiger partial charge in [0.15, 0.2) is 0 Å². The highest BCUT2D eigenvalue weighted by Gasteiger charge is 2.10. The summed E-state index contributed by atoms with van der Waals surface area (Å²) in [6.07, 6.45) is 4.52. The molecule has 0 radical (unpaired) electrons. The van der Waals surface area contributed by atoms with E-state index in [-0.39, 0.29) is 5.38 Å². The summed E-state index contributed by atoms with van der Waals surface area (Å²) in [5, 5.41) is 8.07. The topological polar surface area (TPSA) is 43.6 Å². The summed E-state index contributed by atoms with van der Waals surface area (Å²) < 4.78 is 1.77. The van der Waals surface area contributed by atoms with Crippen molar-refractivity contribution in [3.05, 3.63) is 41.5 Å². The van der Waals surface area contributed by atoms with Gasteiger partial charge in [0.1, 0.15) is 5.69 Å². The fourth-order valence-corrected chi connectivity index (χ4v) is 1.68. The van der Waals surface area contributed by atoms with E-state index in [1.165, 1.54) is 0 Å². The van der Waals surface area contributed by atoms with Crippen LogP contribution in [0.15, 0.2) is 24.5 Å². The SMILES string of the molecule is CCC(Cl)c1cn(Cc2ncccc2C)nn1. The lowest BCUT2D eigenvalue weighted by atomic mass is 10.2. The third kappa shape index (κ3) is 2.82. The van der Waals surface area contributed by atoms with Crippen LogP contribution in [-0.4, -0.2) is 20.0 Å². The van der Waals surface area contributed by atoms with Crippen molar-refractivity contribution >= 4 is 11.6 Å². The number of hydrogen-bond donors (Lipinski definition) is 0. The quantitative estimate of drug-likeness (QED) is 0.784. The van der Waals surface area contributed by atoms with E-state index in [9.17, 15) is 0 Å². The summed E-state index contributed by atoms with van der Waals surface area (Å²) in [4.78, 5) is 4.33. The van der Waals surface area contributed by atoms with E-state index in [4.69, 9.17) is 11.6 Å². The maximum atomic E-state index is 6.11. The fraction of sp³-hybridized carbons (Fsp3) is 0.417. The third-order valence-corrected chi connectivity index (χ3v) is 3.20. The molecule has 0 N–H and O–H groups in total. The van der Waals surface area contributed by atoms with Gasteiger partial charge in [0, 0.05) is 6.20 Å². The van der Waals surface area contributed by atoms with E-state index >= 15 is 0 Å². The van der Waals surface area contributed by atoms with Crippen molar-refractivity contribution in [1.29, 1.82) is 0 Å². The zero-order valence-electron chi connectivity index (χ0n) is 9.97. The Balaban J connectivity index is 2.14. The molecule has 90 valence electrons. The Hall–Kier alpha value is -1.42. The molecule has 17 heavy (non-hydrogen) atoms. The second kappa shape index (κ2) is 5.27. The summed E-state index contributed by atoms with van der Waals surface area (Å²) in [7, 11) is 0. The zero-order chi connectivity index (χ0) is 12.3. The van der Waals surface area contributed by atoms with Crippen molar-refractivity contribution in [2.75, 3.05) is 0 Å². The molecule has 0 amide bonds. The molecule has 0 aromatic carbocycles. The van der Waals surface area contributed by atoms with Gasteiger partial charge in [-0.15, -0.1) is 16.7 Å². The second-order valence-corrected chi connectivity index (χ2v) is 4.51. The number of aromatic nitrogens is 4. The number of aryl methyl sites for hydroxylation is 1. The van der Waals surface area contributed by atoms with Crippen LogP contribution >= 0.6 is 11.6 Å². The van der Waals surface area contributed by atoms with Crippen LogP contribution in [0.2, 0.25) is 0 Å². The van der Waals surface area contributed by atoms with Crippen LogP contribution in [0.5, 0.6) is 0 Å². The molecule has 0 aliphatic carbocycles. The molecule has 5 heteroatoms. The molecule has 2 heterocycles. The zero-order valence-corrected chi connectivity index (χ0v) is 10.7. The lowest BCUT2D eigenvalue weighted by Gasteiger charge is -2.03. The first-order valence-electron chi connectivity index (χ1n) is 5.65. The lowest BCUT2D eigenvalue weighted by Crippen LogP contribution is -2.04. The molecule has 4 nitrogen and oxygen atoms in total. The van der Waals surface area contributed by atoms with Gasteiger partial charge in [0.05, 0.1) is 23.8 Å². The van der Waals surface area contributed by atoms with Crippen molar-refractivity contribution in [3.63, 3.8) is 0 Å². The van der Waals surface area contributed by atoms with Crippen LogP contribution in [0, 0.1) is 6.92 Å². The fourth-order valence-electron chi connectivity index (χ4n) is 1.58. The molecule has 2 aromatic rings. The largest absolute Gasteiger partial charge is 0.259 e. The highest BCUT2D eigenvalue weighted by Crippen LogP contribution is 2.20. The number of halogens is 1. The maximum absolute atomic E-state index is 6.11. The number of rotatable bonds is 4. The Morgan fingerprint density at radius 2 is 2.29 bits per heavy atom. The van der Waals surface area contributed by atoms with Crippen molar-refractivity contribution in [1.82, 2.24) is 20.0 Å². The molecule has 2 aromatic heterocycles. The molecule has 2 rings (SSSR count). The molecule has 0 fully saturated rings. The Kier molecular flexibility index (Phi) is 3.74.